The van der Waals surface area contributed by atoms with Gasteiger partial charge >= 0.3 is 0 Å². The average Bonchev–Trinajstić information content (AvgIpc) is 3.48. The molecule has 0 bridgehead atoms. The highest BCUT2D eigenvalue weighted by atomic mass is 16.7. The second-order valence-electron chi connectivity index (χ2n) is 7.49. The molecule has 0 aliphatic carbocycles. The van der Waals surface area contributed by atoms with Crippen LogP contribution in [0.5, 0.6) is 23.0 Å². The Morgan fingerprint density at radius 1 is 1.09 bits per heavy atom. The van der Waals surface area contributed by atoms with Crippen molar-refractivity contribution in [1.82, 2.24) is 15.1 Å². The van der Waals surface area contributed by atoms with E-state index < -0.39 is 0 Å². The van der Waals surface area contributed by atoms with Gasteiger partial charge in [-0.15, -0.1) is 0 Å². The Labute approximate surface area is 184 Å². The van der Waals surface area contributed by atoms with Crippen LogP contribution in [0.15, 0.2) is 42.5 Å². The zero-order valence-electron chi connectivity index (χ0n) is 17.8. The molecule has 0 saturated carbocycles. The Morgan fingerprint density at radius 3 is 2.78 bits per heavy atom. The van der Waals surface area contributed by atoms with Crippen LogP contribution < -0.4 is 24.3 Å². The summed E-state index contributed by atoms with van der Waals surface area (Å²) in [6.07, 6.45) is -0.181. The summed E-state index contributed by atoms with van der Waals surface area (Å²) in [5.74, 6) is 2.46. The molecule has 9 nitrogen and oxygen atoms in total. The van der Waals surface area contributed by atoms with Crippen LogP contribution >= 0.6 is 0 Å². The van der Waals surface area contributed by atoms with E-state index in [1.165, 1.54) is 0 Å². The number of hydrogen-bond acceptors (Lipinski definition) is 7. The fourth-order valence-electron chi connectivity index (χ4n) is 3.81. The van der Waals surface area contributed by atoms with Crippen molar-refractivity contribution >= 4 is 5.91 Å². The Kier molecular flexibility index (Phi) is 5.32. The molecule has 3 aromatic rings. The van der Waals surface area contributed by atoms with Crippen LogP contribution in [-0.2, 0) is 24.4 Å². The van der Waals surface area contributed by atoms with Crippen molar-refractivity contribution < 1.29 is 28.5 Å². The molecule has 0 fully saturated rings. The number of hydrogen-bond donors (Lipinski definition) is 1. The predicted molar refractivity (Wildman–Crippen MR) is 113 cm³/mol. The summed E-state index contributed by atoms with van der Waals surface area (Å²) in [7, 11) is 3.16. The van der Waals surface area contributed by atoms with E-state index in [0.29, 0.717) is 42.6 Å². The zero-order valence-corrected chi connectivity index (χ0v) is 17.8. The minimum Gasteiger partial charge on any atom is -0.493 e. The summed E-state index contributed by atoms with van der Waals surface area (Å²) in [6.45, 7) is 1.46. The number of amides is 1. The van der Waals surface area contributed by atoms with Crippen molar-refractivity contribution in [2.45, 2.75) is 25.8 Å². The number of carbonyl (C=O) groups is 1. The van der Waals surface area contributed by atoms with Gasteiger partial charge in [0.05, 0.1) is 33.1 Å². The molecular weight excluding hydrogens is 414 g/mol. The maximum atomic E-state index is 12.7. The van der Waals surface area contributed by atoms with Gasteiger partial charge < -0.3 is 29.0 Å². The molecule has 0 saturated heterocycles. The minimum absolute atomic E-state index is 0.181. The standard InChI is InChI=1S/C23H23N3O6/c1-28-18-5-3-14(7-20(18)29-2)10-24-23(27)17-9-16-12-30-22(11-26(16)25-17)15-4-6-19-21(8-15)32-13-31-19/h3-9,22H,10-13H2,1-2H3,(H,24,27). The predicted octanol–water partition coefficient (Wildman–Crippen LogP) is 2.83. The van der Waals surface area contributed by atoms with Crippen molar-refractivity contribution in [3.8, 4) is 23.0 Å². The van der Waals surface area contributed by atoms with Gasteiger partial charge in [0.2, 0.25) is 6.79 Å². The summed E-state index contributed by atoms with van der Waals surface area (Å²) < 4.78 is 29.2. The molecule has 2 aliphatic rings. The van der Waals surface area contributed by atoms with E-state index in [9.17, 15) is 4.79 Å². The molecule has 166 valence electrons. The van der Waals surface area contributed by atoms with Crippen molar-refractivity contribution in [2.75, 3.05) is 21.0 Å². The zero-order chi connectivity index (χ0) is 22.1. The minimum atomic E-state index is -0.249. The molecule has 1 amide bonds. The molecular formula is C23H23N3O6. The molecule has 0 radical (unpaired) electrons. The van der Waals surface area contributed by atoms with Gasteiger partial charge in [0.1, 0.15) is 6.10 Å². The lowest BCUT2D eigenvalue weighted by Gasteiger charge is -2.24. The second kappa shape index (κ2) is 8.43. The monoisotopic (exact) mass is 437 g/mol. The van der Waals surface area contributed by atoms with Crippen LogP contribution in [0.25, 0.3) is 0 Å². The van der Waals surface area contributed by atoms with E-state index in [1.807, 2.05) is 41.1 Å². The number of rotatable bonds is 6. The van der Waals surface area contributed by atoms with Crippen LogP contribution in [-0.4, -0.2) is 36.7 Å². The third kappa shape index (κ3) is 3.82. The number of aromatic nitrogens is 2. The maximum Gasteiger partial charge on any atom is 0.272 e. The molecule has 0 spiro atoms. The molecule has 1 unspecified atom stereocenters. The first kappa shape index (κ1) is 20.2. The first-order valence-electron chi connectivity index (χ1n) is 10.2. The number of nitrogens with one attached hydrogen (secondary N) is 1. The first-order valence-corrected chi connectivity index (χ1v) is 10.2. The van der Waals surface area contributed by atoms with Crippen molar-refractivity contribution in [3.63, 3.8) is 0 Å². The van der Waals surface area contributed by atoms with E-state index in [2.05, 4.69) is 10.4 Å². The number of carbonyl (C=O) groups excluding carboxylic acids is 1. The Balaban J connectivity index is 1.25. The van der Waals surface area contributed by atoms with E-state index in [-0.39, 0.29) is 18.8 Å². The second-order valence-corrected chi connectivity index (χ2v) is 7.49. The third-order valence-electron chi connectivity index (χ3n) is 5.54. The van der Waals surface area contributed by atoms with Crippen molar-refractivity contribution in [2.24, 2.45) is 0 Å². The van der Waals surface area contributed by atoms with Crippen LogP contribution in [0.3, 0.4) is 0 Å². The lowest BCUT2D eigenvalue weighted by atomic mass is 10.1. The Bertz CT molecular complexity index is 1160. The molecule has 5 rings (SSSR count). The van der Waals surface area contributed by atoms with E-state index in [1.54, 1.807) is 20.3 Å². The fourth-order valence-corrected chi connectivity index (χ4v) is 3.81. The number of ether oxygens (including phenoxy) is 5. The van der Waals surface area contributed by atoms with Gasteiger partial charge in [0.25, 0.3) is 5.91 Å². The first-order chi connectivity index (χ1) is 15.6. The van der Waals surface area contributed by atoms with Gasteiger partial charge in [-0.25, -0.2) is 0 Å². The van der Waals surface area contributed by atoms with Crippen molar-refractivity contribution in [1.29, 1.82) is 0 Å². The highest BCUT2D eigenvalue weighted by molar-refractivity contribution is 5.92. The van der Waals surface area contributed by atoms with E-state index in [4.69, 9.17) is 23.7 Å². The number of benzene rings is 2. The van der Waals surface area contributed by atoms with Crippen molar-refractivity contribution in [3.05, 3.63) is 65.0 Å². The SMILES string of the molecule is COc1ccc(CNC(=O)c2cc3n(n2)CC(c2ccc4c(c2)OCO4)OC3)cc1OC. The van der Waals surface area contributed by atoms with Crippen LogP contribution in [0.1, 0.15) is 33.4 Å². The molecule has 2 aromatic carbocycles. The Morgan fingerprint density at radius 2 is 1.94 bits per heavy atom. The van der Waals surface area contributed by atoms with Crippen LogP contribution in [0.4, 0.5) is 0 Å². The smallest absolute Gasteiger partial charge is 0.272 e. The average molecular weight is 437 g/mol. The largest absolute Gasteiger partial charge is 0.493 e. The van der Waals surface area contributed by atoms with Gasteiger partial charge in [0.15, 0.2) is 28.7 Å². The lowest BCUT2D eigenvalue weighted by Crippen LogP contribution is -2.24. The Hall–Kier alpha value is -3.72. The molecule has 32 heavy (non-hydrogen) atoms. The molecule has 1 aromatic heterocycles. The van der Waals surface area contributed by atoms with E-state index >= 15 is 0 Å². The number of methoxy groups -OCH3 is 2. The summed E-state index contributed by atoms with van der Waals surface area (Å²) in [5, 5.41) is 7.40. The van der Waals surface area contributed by atoms with Gasteiger partial charge in [0, 0.05) is 6.54 Å². The summed E-state index contributed by atoms with van der Waals surface area (Å²) >= 11 is 0. The third-order valence-corrected chi connectivity index (χ3v) is 5.54. The van der Waals surface area contributed by atoms with Crippen LogP contribution in [0.2, 0.25) is 0 Å². The molecule has 1 atom stereocenters. The maximum absolute atomic E-state index is 12.7. The summed E-state index contributed by atoms with van der Waals surface area (Å²) in [4.78, 5) is 12.7. The van der Waals surface area contributed by atoms with Gasteiger partial charge in [-0.3, -0.25) is 9.48 Å². The van der Waals surface area contributed by atoms with Gasteiger partial charge in [-0.05, 0) is 41.5 Å². The number of nitrogens with zero attached hydrogens (tertiary/aromatic N) is 2. The van der Waals surface area contributed by atoms with Gasteiger partial charge in [-0.2, -0.15) is 5.10 Å². The highest BCUT2D eigenvalue weighted by Gasteiger charge is 2.26. The number of fused-ring (bicyclic) bond motifs is 2. The quantitative estimate of drug-likeness (QED) is 0.634. The topological polar surface area (TPSA) is 93.1 Å². The summed E-state index contributed by atoms with van der Waals surface area (Å²) in [5.41, 5.74) is 3.09. The van der Waals surface area contributed by atoms with Gasteiger partial charge in [-0.1, -0.05) is 12.1 Å². The normalized spacial score (nSPS) is 16.4. The molecule has 3 heterocycles. The highest BCUT2D eigenvalue weighted by Crippen LogP contribution is 2.36. The van der Waals surface area contributed by atoms with Crippen LogP contribution in [0, 0.1) is 0 Å². The molecule has 1 N–H and O–H groups in total. The lowest BCUT2D eigenvalue weighted by molar-refractivity contribution is -0.00128. The fraction of sp³-hybridized carbons (Fsp3) is 0.304. The summed E-state index contributed by atoms with van der Waals surface area (Å²) in [6, 6.07) is 13.1. The molecule has 2 aliphatic heterocycles. The van der Waals surface area contributed by atoms with E-state index in [0.717, 1.165) is 22.6 Å². The molecule has 9 heteroatoms.